The van der Waals surface area contributed by atoms with Crippen molar-refractivity contribution < 1.29 is 27.6 Å². The van der Waals surface area contributed by atoms with Crippen LogP contribution in [-0.2, 0) is 16.0 Å². The molecule has 0 saturated carbocycles. The summed E-state index contributed by atoms with van der Waals surface area (Å²) in [5, 5.41) is 3.99. The Kier molecular flexibility index (Phi) is 5.89. The fourth-order valence-corrected chi connectivity index (χ4v) is 3.80. The molecule has 0 bridgehead atoms. The number of carbonyl (C=O) groups excluding carboxylic acids is 2. The van der Waals surface area contributed by atoms with Crippen molar-refractivity contribution in [1.82, 2.24) is 10.1 Å². The lowest BCUT2D eigenvalue weighted by Gasteiger charge is -2.24. The van der Waals surface area contributed by atoms with E-state index in [9.17, 15) is 18.4 Å². The van der Waals surface area contributed by atoms with Crippen molar-refractivity contribution >= 4 is 11.8 Å². The average Bonchev–Trinajstić information content (AvgIpc) is 3.42. The zero-order valence-corrected chi connectivity index (χ0v) is 17.1. The summed E-state index contributed by atoms with van der Waals surface area (Å²) >= 11 is 0. The second-order valence-corrected chi connectivity index (χ2v) is 7.79. The highest BCUT2D eigenvalue weighted by molar-refractivity contribution is 5.84. The molecule has 2 aromatic carbocycles. The fourth-order valence-electron chi connectivity index (χ4n) is 3.80. The van der Waals surface area contributed by atoms with Crippen molar-refractivity contribution in [2.45, 2.75) is 12.8 Å². The van der Waals surface area contributed by atoms with E-state index in [2.05, 4.69) is 5.16 Å². The molecule has 0 radical (unpaired) electrons. The van der Waals surface area contributed by atoms with Gasteiger partial charge in [-0.1, -0.05) is 17.3 Å². The van der Waals surface area contributed by atoms with Crippen LogP contribution in [0.1, 0.15) is 12.2 Å². The van der Waals surface area contributed by atoms with Crippen LogP contribution in [-0.4, -0.2) is 41.6 Å². The van der Waals surface area contributed by atoms with E-state index in [1.807, 2.05) is 0 Å². The quantitative estimate of drug-likeness (QED) is 0.608. The van der Waals surface area contributed by atoms with Gasteiger partial charge in [-0.2, -0.15) is 0 Å². The Labute approximate surface area is 182 Å². The van der Waals surface area contributed by atoms with Crippen molar-refractivity contribution in [3.8, 4) is 17.0 Å². The van der Waals surface area contributed by atoms with Gasteiger partial charge in [-0.3, -0.25) is 9.59 Å². The Bertz CT molecular complexity index is 1130. The molecule has 7 nitrogen and oxygen atoms in total. The van der Waals surface area contributed by atoms with Crippen LogP contribution in [0, 0.1) is 17.0 Å². The Hall–Kier alpha value is -3.75. The van der Waals surface area contributed by atoms with Gasteiger partial charge in [0.25, 0.3) is 5.91 Å². The number of aromatic nitrogens is 1. The first-order valence-corrected chi connectivity index (χ1v) is 10.0. The van der Waals surface area contributed by atoms with Crippen LogP contribution in [0.25, 0.3) is 11.3 Å². The highest BCUT2D eigenvalue weighted by Gasteiger charge is 2.45. The molecular formula is C23H21F2N3O4. The minimum absolute atomic E-state index is 0.0174. The molecular weight excluding hydrogens is 420 g/mol. The Morgan fingerprint density at radius 3 is 2.62 bits per heavy atom. The fraction of sp³-hybridized carbons (Fsp3) is 0.261. The van der Waals surface area contributed by atoms with Crippen LogP contribution >= 0.6 is 0 Å². The summed E-state index contributed by atoms with van der Waals surface area (Å²) in [6.07, 6.45) is 0.509. The lowest BCUT2D eigenvalue weighted by molar-refractivity contribution is -0.133. The highest BCUT2D eigenvalue weighted by atomic mass is 19.1. The van der Waals surface area contributed by atoms with Crippen LogP contribution in [0.3, 0.4) is 0 Å². The molecule has 0 aliphatic carbocycles. The van der Waals surface area contributed by atoms with Crippen molar-refractivity contribution in [1.29, 1.82) is 0 Å². The molecule has 1 saturated heterocycles. The number of nitrogens with two attached hydrogens (primary N) is 1. The number of hydrogen-bond acceptors (Lipinski definition) is 5. The SMILES string of the molecule is NC(=O)[C@]1(Cc2cc(-c3ccc(F)cc3)no2)CCN(C(=O)COc2ccccc2F)C1. The minimum atomic E-state index is -1.02. The monoisotopic (exact) mass is 441 g/mol. The number of rotatable bonds is 7. The summed E-state index contributed by atoms with van der Waals surface area (Å²) in [4.78, 5) is 26.4. The molecule has 0 spiro atoms. The average molecular weight is 441 g/mol. The number of halogens is 2. The molecule has 1 aliphatic heterocycles. The van der Waals surface area contributed by atoms with Gasteiger partial charge in [0.1, 0.15) is 17.3 Å². The number of carbonyl (C=O) groups is 2. The van der Waals surface area contributed by atoms with Gasteiger partial charge in [0.05, 0.1) is 5.41 Å². The van der Waals surface area contributed by atoms with Crippen LogP contribution in [0.2, 0.25) is 0 Å². The van der Waals surface area contributed by atoms with E-state index in [0.717, 1.165) is 0 Å². The van der Waals surface area contributed by atoms with Gasteiger partial charge in [-0.15, -0.1) is 0 Å². The second-order valence-electron chi connectivity index (χ2n) is 7.79. The molecule has 4 rings (SSSR count). The number of ether oxygens (including phenoxy) is 1. The van der Waals surface area contributed by atoms with E-state index in [4.69, 9.17) is 15.0 Å². The number of primary amides is 1. The van der Waals surface area contributed by atoms with Crippen molar-refractivity contribution in [3.05, 3.63) is 72.0 Å². The maximum Gasteiger partial charge on any atom is 0.260 e. The molecule has 1 fully saturated rings. The number of para-hydroxylation sites is 1. The number of benzene rings is 2. The summed E-state index contributed by atoms with van der Waals surface area (Å²) < 4.78 is 37.5. The predicted molar refractivity (Wildman–Crippen MR) is 110 cm³/mol. The summed E-state index contributed by atoms with van der Waals surface area (Å²) in [5.74, 6) is -1.44. The van der Waals surface area contributed by atoms with Crippen LogP contribution in [0.4, 0.5) is 8.78 Å². The largest absolute Gasteiger partial charge is 0.481 e. The predicted octanol–water partition coefficient (Wildman–Crippen LogP) is 2.95. The molecule has 0 unspecified atom stereocenters. The van der Waals surface area contributed by atoms with E-state index in [1.54, 1.807) is 24.3 Å². The Morgan fingerprint density at radius 1 is 1.16 bits per heavy atom. The number of nitrogens with zero attached hydrogens (tertiary/aromatic N) is 2. The van der Waals surface area contributed by atoms with E-state index in [1.165, 1.54) is 35.2 Å². The Morgan fingerprint density at radius 2 is 1.91 bits per heavy atom. The lowest BCUT2D eigenvalue weighted by atomic mass is 9.82. The van der Waals surface area contributed by atoms with Gasteiger partial charge >= 0.3 is 0 Å². The molecule has 2 amide bonds. The van der Waals surface area contributed by atoms with Gasteiger partial charge in [0.2, 0.25) is 5.91 Å². The molecule has 2 N–H and O–H groups in total. The molecule has 32 heavy (non-hydrogen) atoms. The van der Waals surface area contributed by atoms with Gasteiger partial charge in [-0.25, -0.2) is 8.78 Å². The smallest absolute Gasteiger partial charge is 0.260 e. The highest BCUT2D eigenvalue weighted by Crippen LogP contribution is 2.35. The summed E-state index contributed by atoms with van der Waals surface area (Å²) in [6.45, 7) is 0.0442. The third-order valence-corrected chi connectivity index (χ3v) is 5.63. The standard InChI is InChI=1S/C23H21F2N3O4/c24-16-7-5-15(6-8-16)19-11-17(32-27-19)12-23(22(26)30)9-10-28(14-23)21(29)13-31-20-4-2-1-3-18(20)25/h1-8,11H,9-10,12-14H2,(H2,26,30)/t23-/m0/s1. The molecule has 2 heterocycles. The van der Waals surface area contributed by atoms with Crippen molar-refractivity contribution in [3.63, 3.8) is 0 Å². The first-order valence-electron chi connectivity index (χ1n) is 10.0. The van der Waals surface area contributed by atoms with Crippen LogP contribution in [0.5, 0.6) is 5.75 Å². The zero-order valence-electron chi connectivity index (χ0n) is 17.1. The summed E-state index contributed by atoms with van der Waals surface area (Å²) in [6, 6.07) is 13.3. The van der Waals surface area contributed by atoms with Crippen molar-refractivity contribution in [2.75, 3.05) is 19.7 Å². The van der Waals surface area contributed by atoms with Gasteiger partial charge in [0.15, 0.2) is 18.2 Å². The van der Waals surface area contributed by atoms with Crippen LogP contribution < -0.4 is 10.5 Å². The van der Waals surface area contributed by atoms with Gasteiger partial charge in [0, 0.05) is 31.1 Å². The maximum absolute atomic E-state index is 13.7. The minimum Gasteiger partial charge on any atom is -0.481 e. The second kappa shape index (κ2) is 8.78. The molecule has 1 atom stereocenters. The molecule has 166 valence electrons. The maximum atomic E-state index is 13.7. The molecule has 3 aromatic rings. The first-order chi connectivity index (χ1) is 15.4. The van der Waals surface area contributed by atoms with Gasteiger partial charge in [-0.05, 0) is 42.8 Å². The molecule has 1 aliphatic rings. The summed E-state index contributed by atoms with van der Waals surface area (Å²) in [7, 11) is 0. The molecule has 9 heteroatoms. The van der Waals surface area contributed by atoms with Gasteiger partial charge < -0.3 is 19.9 Å². The zero-order chi connectivity index (χ0) is 22.7. The third kappa shape index (κ3) is 4.46. The Balaban J connectivity index is 1.42. The third-order valence-electron chi connectivity index (χ3n) is 5.63. The number of likely N-dealkylation sites (tertiary alicyclic amines) is 1. The lowest BCUT2D eigenvalue weighted by Crippen LogP contribution is -2.43. The van der Waals surface area contributed by atoms with E-state index in [-0.39, 0.29) is 37.0 Å². The van der Waals surface area contributed by atoms with Crippen LogP contribution in [0.15, 0.2) is 59.1 Å². The molecule has 1 aromatic heterocycles. The number of amides is 2. The van der Waals surface area contributed by atoms with E-state index < -0.39 is 17.1 Å². The topological polar surface area (TPSA) is 98.7 Å². The normalized spacial score (nSPS) is 18.0. The van der Waals surface area contributed by atoms with E-state index >= 15 is 0 Å². The number of hydrogen-bond donors (Lipinski definition) is 1. The van der Waals surface area contributed by atoms with Crippen molar-refractivity contribution in [2.24, 2.45) is 11.1 Å². The summed E-state index contributed by atoms with van der Waals surface area (Å²) in [5.41, 5.74) is 5.85. The first kappa shape index (κ1) is 21.5. The van der Waals surface area contributed by atoms with E-state index in [0.29, 0.717) is 30.0 Å².